The van der Waals surface area contributed by atoms with Crippen molar-refractivity contribution in [3.05, 3.63) is 143 Å². The van der Waals surface area contributed by atoms with Gasteiger partial charge in [0.15, 0.2) is 5.60 Å². The Kier molecular flexibility index (Phi) is 12.2. The molecule has 218 valence electrons. The van der Waals surface area contributed by atoms with Crippen LogP contribution in [-0.2, 0) is 18.4 Å². The third kappa shape index (κ3) is 5.93. The zero-order chi connectivity index (χ0) is 30.5. The summed E-state index contributed by atoms with van der Waals surface area (Å²) < 4.78 is 7.17. The van der Waals surface area contributed by atoms with Gasteiger partial charge in [-0.15, -0.1) is 0 Å². The molecular formula is C41H48O. The van der Waals surface area contributed by atoms with Gasteiger partial charge in [-0.25, -0.2) is 0 Å². The van der Waals surface area contributed by atoms with Gasteiger partial charge in [0.25, 0.3) is 0 Å². The van der Waals surface area contributed by atoms with Crippen LogP contribution in [0.1, 0.15) is 83.2 Å². The van der Waals surface area contributed by atoms with Gasteiger partial charge in [-0.05, 0) is 46.6 Å². The van der Waals surface area contributed by atoms with Crippen LogP contribution in [0.4, 0.5) is 0 Å². The van der Waals surface area contributed by atoms with Gasteiger partial charge in [-0.1, -0.05) is 171 Å². The standard InChI is InChI=1S/C33H24O.4C2H6/c1-3-12-24(13-4-1)33(25-14-5-2-6-15-25)22-21-30-28-20-19-23-11-7-8-16-26(23)31(28)27-17-9-10-18-29(27)32(30)34-33;4*1-2/h1-18,21-22H,19-20H2;4*1-2H3. The first-order valence-electron chi connectivity index (χ1n) is 16.0. The molecule has 2 aliphatic rings. The maximum atomic E-state index is 7.17. The van der Waals surface area contributed by atoms with E-state index in [9.17, 15) is 0 Å². The first-order valence-corrected chi connectivity index (χ1v) is 16.0. The van der Waals surface area contributed by atoms with Crippen LogP contribution in [0.2, 0.25) is 0 Å². The number of benzene rings is 5. The van der Waals surface area contributed by atoms with Crippen LogP contribution in [0.3, 0.4) is 0 Å². The third-order valence-corrected chi connectivity index (χ3v) is 7.40. The number of rotatable bonds is 2. The Morgan fingerprint density at radius 1 is 0.524 bits per heavy atom. The van der Waals surface area contributed by atoms with Crippen molar-refractivity contribution in [2.75, 3.05) is 0 Å². The molecule has 0 unspecified atom stereocenters. The zero-order valence-electron chi connectivity index (χ0n) is 26.9. The molecule has 0 saturated carbocycles. The Labute approximate surface area is 254 Å². The number of ether oxygens (including phenoxy) is 1. The SMILES string of the molecule is C1=CC(c2ccccc2)(c2ccccc2)Oc2c1c1c(c3ccccc23)-c2ccccc2CC1.CC.CC.CC.CC. The van der Waals surface area contributed by atoms with E-state index in [1.165, 1.54) is 38.6 Å². The molecule has 7 rings (SSSR count). The molecule has 5 aromatic carbocycles. The molecule has 0 amide bonds. The fourth-order valence-corrected chi connectivity index (χ4v) is 5.82. The van der Waals surface area contributed by atoms with Gasteiger partial charge in [0.2, 0.25) is 0 Å². The first kappa shape index (κ1) is 32.4. The second kappa shape index (κ2) is 15.8. The van der Waals surface area contributed by atoms with E-state index in [2.05, 4.69) is 121 Å². The van der Waals surface area contributed by atoms with Crippen molar-refractivity contribution in [2.24, 2.45) is 0 Å². The normalized spacial score (nSPS) is 12.9. The van der Waals surface area contributed by atoms with E-state index in [0.717, 1.165) is 29.7 Å². The minimum atomic E-state index is -0.668. The van der Waals surface area contributed by atoms with Crippen molar-refractivity contribution in [3.8, 4) is 16.9 Å². The summed E-state index contributed by atoms with van der Waals surface area (Å²) in [5.74, 6) is 0.990. The molecule has 0 bridgehead atoms. The molecule has 0 atom stereocenters. The topological polar surface area (TPSA) is 9.23 Å². The van der Waals surface area contributed by atoms with Gasteiger partial charge in [0.1, 0.15) is 5.75 Å². The fraction of sp³-hybridized carbons (Fsp3) is 0.268. The van der Waals surface area contributed by atoms with E-state index in [-0.39, 0.29) is 0 Å². The zero-order valence-corrected chi connectivity index (χ0v) is 26.9. The van der Waals surface area contributed by atoms with Gasteiger partial charge < -0.3 is 4.74 Å². The summed E-state index contributed by atoms with van der Waals surface area (Å²) in [5.41, 5.74) is 8.40. The summed E-state index contributed by atoms with van der Waals surface area (Å²) in [7, 11) is 0. The van der Waals surface area contributed by atoms with E-state index >= 15 is 0 Å². The van der Waals surface area contributed by atoms with Crippen molar-refractivity contribution < 1.29 is 4.74 Å². The lowest BCUT2D eigenvalue weighted by Crippen LogP contribution is -2.34. The Morgan fingerprint density at radius 2 is 1.02 bits per heavy atom. The lowest BCUT2D eigenvalue weighted by molar-refractivity contribution is 0.163. The van der Waals surface area contributed by atoms with Crippen LogP contribution >= 0.6 is 0 Å². The quantitative estimate of drug-likeness (QED) is 0.210. The Hall–Kier alpha value is -4.10. The van der Waals surface area contributed by atoms with Crippen LogP contribution < -0.4 is 4.74 Å². The van der Waals surface area contributed by atoms with E-state index in [1.807, 2.05) is 55.4 Å². The lowest BCUT2D eigenvalue weighted by atomic mass is 9.77. The average Bonchev–Trinajstić information content (AvgIpc) is 3.12. The maximum absolute atomic E-state index is 7.17. The van der Waals surface area contributed by atoms with Crippen molar-refractivity contribution in [3.63, 3.8) is 0 Å². The summed E-state index contributed by atoms with van der Waals surface area (Å²) in [6.45, 7) is 16.0. The predicted molar refractivity (Wildman–Crippen MR) is 186 cm³/mol. The average molecular weight is 557 g/mol. The first-order chi connectivity index (χ1) is 20.9. The van der Waals surface area contributed by atoms with Crippen LogP contribution in [0, 0.1) is 0 Å². The monoisotopic (exact) mass is 556 g/mol. The van der Waals surface area contributed by atoms with Crippen molar-refractivity contribution in [2.45, 2.75) is 73.8 Å². The van der Waals surface area contributed by atoms with Gasteiger partial charge in [-0.2, -0.15) is 0 Å². The molecule has 1 aliphatic heterocycles. The van der Waals surface area contributed by atoms with Crippen LogP contribution in [0.15, 0.2) is 115 Å². The number of hydrogen-bond acceptors (Lipinski definition) is 1. The number of aryl methyl sites for hydroxylation is 1. The highest BCUT2D eigenvalue weighted by atomic mass is 16.5. The molecule has 1 nitrogen and oxygen atoms in total. The molecule has 0 aromatic heterocycles. The molecule has 0 radical (unpaired) electrons. The molecule has 5 aromatic rings. The minimum absolute atomic E-state index is 0.668. The van der Waals surface area contributed by atoms with E-state index in [0.29, 0.717) is 0 Å². The van der Waals surface area contributed by atoms with Crippen LogP contribution in [0.5, 0.6) is 5.75 Å². The summed E-state index contributed by atoms with van der Waals surface area (Å²) in [5, 5.41) is 2.45. The molecular weight excluding hydrogens is 508 g/mol. The molecule has 0 N–H and O–H groups in total. The van der Waals surface area contributed by atoms with Gasteiger partial charge in [0.05, 0.1) is 0 Å². The maximum Gasteiger partial charge on any atom is 0.178 e. The number of hydrogen-bond donors (Lipinski definition) is 0. The second-order valence-electron chi connectivity index (χ2n) is 9.20. The molecule has 42 heavy (non-hydrogen) atoms. The Morgan fingerprint density at radius 3 is 1.62 bits per heavy atom. The second-order valence-corrected chi connectivity index (χ2v) is 9.20. The van der Waals surface area contributed by atoms with E-state index < -0.39 is 5.60 Å². The smallest absolute Gasteiger partial charge is 0.178 e. The summed E-state index contributed by atoms with van der Waals surface area (Å²) in [6, 6.07) is 38.8. The van der Waals surface area contributed by atoms with Gasteiger partial charge in [-0.3, -0.25) is 0 Å². The van der Waals surface area contributed by atoms with Gasteiger partial charge >= 0.3 is 0 Å². The minimum Gasteiger partial charge on any atom is -0.472 e. The third-order valence-electron chi connectivity index (χ3n) is 7.40. The highest BCUT2D eigenvalue weighted by Gasteiger charge is 2.39. The van der Waals surface area contributed by atoms with E-state index in [4.69, 9.17) is 4.74 Å². The van der Waals surface area contributed by atoms with Crippen LogP contribution in [0.25, 0.3) is 28.0 Å². The van der Waals surface area contributed by atoms with Crippen molar-refractivity contribution >= 4 is 16.8 Å². The Balaban J connectivity index is 0.000000561. The van der Waals surface area contributed by atoms with Crippen molar-refractivity contribution in [1.82, 2.24) is 0 Å². The molecule has 0 fully saturated rings. The largest absolute Gasteiger partial charge is 0.472 e. The van der Waals surface area contributed by atoms with Crippen LogP contribution in [-0.4, -0.2) is 0 Å². The fourth-order valence-electron chi connectivity index (χ4n) is 5.82. The number of fused-ring (bicyclic) bond motifs is 8. The lowest BCUT2D eigenvalue weighted by Gasteiger charge is -2.38. The highest BCUT2D eigenvalue weighted by Crippen LogP contribution is 2.51. The van der Waals surface area contributed by atoms with Crippen molar-refractivity contribution in [1.29, 1.82) is 0 Å². The summed E-state index contributed by atoms with van der Waals surface area (Å²) >= 11 is 0. The van der Waals surface area contributed by atoms with Gasteiger partial charge in [0, 0.05) is 22.1 Å². The molecule has 1 aliphatic carbocycles. The molecule has 0 saturated heterocycles. The predicted octanol–water partition coefficient (Wildman–Crippen LogP) is 12.1. The Bertz CT molecular complexity index is 1520. The molecule has 1 heterocycles. The summed E-state index contributed by atoms with van der Waals surface area (Å²) in [4.78, 5) is 0. The molecule has 1 heteroatoms. The molecule has 0 spiro atoms. The summed E-state index contributed by atoms with van der Waals surface area (Å²) in [6.07, 6.45) is 6.66. The highest BCUT2D eigenvalue weighted by molar-refractivity contribution is 6.06. The van der Waals surface area contributed by atoms with E-state index in [1.54, 1.807) is 0 Å².